The van der Waals surface area contributed by atoms with Crippen LogP contribution in [0.4, 0.5) is 0 Å². The Bertz CT molecular complexity index is 944. The summed E-state index contributed by atoms with van der Waals surface area (Å²) in [5.74, 6) is -1.52. The third kappa shape index (κ3) is 5.47. The van der Waals surface area contributed by atoms with Gasteiger partial charge in [0.05, 0.1) is 6.42 Å². The summed E-state index contributed by atoms with van der Waals surface area (Å²) in [7, 11) is 0. The summed E-state index contributed by atoms with van der Waals surface area (Å²) in [6, 6.07) is 18.1. The highest BCUT2D eigenvalue weighted by Gasteiger charge is 2.27. The van der Waals surface area contributed by atoms with E-state index in [-0.39, 0.29) is 13.0 Å². The molecule has 0 amide bonds. The molecule has 29 heavy (non-hydrogen) atoms. The van der Waals surface area contributed by atoms with Gasteiger partial charge in [0.2, 0.25) is 0 Å². The molecule has 2 atom stereocenters. The first kappa shape index (κ1) is 20.2. The van der Waals surface area contributed by atoms with Gasteiger partial charge in [0, 0.05) is 5.92 Å². The maximum absolute atomic E-state index is 12.5. The maximum atomic E-state index is 12.5. The van der Waals surface area contributed by atoms with Crippen molar-refractivity contribution in [3.8, 4) is 0 Å². The zero-order valence-electron chi connectivity index (χ0n) is 16.0. The third-order valence-electron chi connectivity index (χ3n) is 4.59. The van der Waals surface area contributed by atoms with Crippen LogP contribution < -0.4 is 0 Å². The van der Waals surface area contributed by atoms with Crippen LogP contribution in [0.25, 0.3) is 0 Å². The Balaban J connectivity index is 1.77. The lowest BCUT2D eigenvalue weighted by Gasteiger charge is -2.18. The number of hydrogen-bond donors (Lipinski definition) is 1. The molecule has 3 aromatic rings. The molecule has 0 radical (unpaired) electrons. The molecule has 2 aromatic carbocycles. The molecule has 1 aromatic heterocycles. The number of tetrazole rings is 1. The van der Waals surface area contributed by atoms with Gasteiger partial charge in [-0.05, 0) is 34.9 Å². The summed E-state index contributed by atoms with van der Waals surface area (Å²) in [6.07, 6.45) is 0.516. The van der Waals surface area contributed by atoms with Crippen LogP contribution in [-0.2, 0) is 27.4 Å². The Morgan fingerprint density at radius 1 is 1.03 bits per heavy atom. The quantitative estimate of drug-likeness (QED) is 0.556. The van der Waals surface area contributed by atoms with Crippen molar-refractivity contribution in [1.29, 1.82) is 0 Å². The normalized spacial score (nSPS) is 12.9. The molecule has 8 nitrogen and oxygen atoms in total. The maximum Gasteiger partial charge on any atom is 0.328 e. The molecule has 150 valence electrons. The summed E-state index contributed by atoms with van der Waals surface area (Å²) in [6.45, 7) is 1.67. The van der Waals surface area contributed by atoms with Crippen molar-refractivity contribution >= 4 is 11.9 Å². The van der Waals surface area contributed by atoms with E-state index in [9.17, 15) is 14.7 Å². The van der Waals surface area contributed by atoms with Gasteiger partial charge in [-0.25, -0.2) is 9.48 Å². The molecular formula is C21H22N4O4. The van der Waals surface area contributed by atoms with E-state index < -0.39 is 23.9 Å². The van der Waals surface area contributed by atoms with Crippen molar-refractivity contribution in [2.45, 2.75) is 38.3 Å². The van der Waals surface area contributed by atoms with Crippen molar-refractivity contribution in [2.24, 2.45) is 0 Å². The number of rotatable bonds is 9. The molecule has 0 aliphatic carbocycles. The molecule has 0 aliphatic heterocycles. The molecule has 0 bridgehead atoms. The molecule has 0 spiro atoms. The molecule has 8 heteroatoms. The van der Waals surface area contributed by atoms with Crippen molar-refractivity contribution < 1.29 is 19.4 Å². The van der Waals surface area contributed by atoms with Gasteiger partial charge in [0.25, 0.3) is 0 Å². The lowest BCUT2D eigenvalue weighted by Crippen LogP contribution is -2.23. The van der Waals surface area contributed by atoms with Crippen LogP contribution in [0.3, 0.4) is 0 Å². The van der Waals surface area contributed by atoms with Gasteiger partial charge in [-0.2, -0.15) is 0 Å². The second-order valence-corrected chi connectivity index (χ2v) is 6.73. The molecular weight excluding hydrogens is 372 g/mol. The molecule has 1 heterocycles. The number of carbonyl (C=O) groups excluding carboxylic acids is 1. The van der Waals surface area contributed by atoms with Gasteiger partial charge in [-0.3, -0.25) is 4.79 Å². The standard InChI is InChI=1S/C21H22N4O4/c1-15(21(27)28)25-20(22-23-24-25)18(12-16-8-4-2-5-9-16)13-19(26)29-14-17-10-6-3-7-11-17/h2-11,15,18H,12-14H2,1H3,(H,27,28)/t15-,18+/m0/s1. The zero-order valence-corrected chi connectivity index (χ0v) is 16.0. The number of ether oxygens (including phenoxy) is 1. The SMILES string of the molecule is C[C@@H](C(=O)O)n1nnnc1[C@@H](CC(=O)OCc1ccccc1)Cc1ccccc1. The van der Waals surface area contributed by atoms with E-state index in [1.54, 1.807) is 0 Å². The van der Waals surface area contributed by atoms with Gasteiger partial charge in [-0.1, -0.05) is 60.7 Å². The second-order valence-electron chi connectivity index (χ2n) is 6.73. The van der Waals surface area contributed by atoms with Crippen molar-refractivity contribution in [1.82, 2.24) is 20.2 Å². The van der Waals surface area contributed by atoms with Gasteiger partial charge in [0.15, 0.2) is 5.82 Å². The minimum absolute atomic E-state index is 0.0362. The first-order valence-corrected chi connectivity index (χ1v) is 9.28. The molecule has 0 saturated carbocycles. The number of nitrogens with zero attached hydrogens (tertiary/aromatic N) is 4. The van der Waals surface area contributed by atoms with E-state index in [1.807, 2.05) is 60.7 Å². The Morgan fingerprint density at radius 2 is 1.66 bits per heavy atom. The lowest BCUT2D eigenvalue weighted by atomic mass is 9.95. The number of aromatic nitrogens is 4. The highest BCUT2D eigenvalue weighted by atomic mass is 16.5. The van der Waals surface area contributed by atoms with Crippen LogP contribution in [-0.4, -0.2) is 37.3 Å². The average molecular weight is 394 g/mol. The molecule has 3 rings (SSSR count). The molecule has 0 saturated heterocycles. The van der Waals surface area contributed by atoms with E-state index in [4.69, 9.17) is 4.74 Å². The highest BCUT2D eigenvalue weighted by Crippen LogP contribution is 2.25. The minimum Gasteiger partial charge on any atom is -0.480 e. The second kappa shape index (κ2) is 9.59. The van der Waals surface area contributed by atoms with E-state index in [0.717, 1.165) is 11.1 Å². The summed E-state index contributed by atoms with van der Waals surface area (Å²) in [5.41, 5.74) is 1.88. The predicted molar refractivity (Wildman–Crippen MR) is 104 cm³/mol. The number of hydrogen-bond acceptors (Lipinski definition) is 6. The van der Waals surface area contributed by atoms with Crippen molar-refractivity contribution in [3.63, 3.8) is 0 Å². The van der Waals surface area contributed by atoms with Gasteiger partial charge >= 0.3 is 11.9 Å². The summed E-state index contributed by atoms with van der Waals surface area (Å²) in [5, 5.41) is 20.8. The van der Waals surface area contributed by atoms with Crippen LogP contribution in [0.1, 0.15) is 42.3 Å². The van der Waals surface area contributed by atoms with E-state index in [1.165, 1.54) is 11.6 Å². The van der Waals surface area contributed by atoms with Crippen molar-refractivity contribution in [2.75, 3.05) is 0 Å². The van der Waals surface area contributed by atoms with Gasteiger partial charge < -0.3 is 9.84 Å². The summed E-state index contributed by atoms with van der Waals surface area (Å²) < 4.78 is 6.66. The van der Waals surface area contributed by atoms with Crippen molar-refractivity contribution in [3.05, 3.63) is 77.6 Å². The zero-order chi connectivity index (χ0) is 20.6. The number of esters is 1. The van der Waals surface area contributed by atoms with Crippen LogP contribution >= 0.6 is 0 Å². The number of carboxylic acid groups (broad SMARTS) is 1. The Labute approximate surface area is 168 Å². The van der Waals surface area contributed by atoms with E-state index in [2.05, 4.69) is 15.5 Å². The molecule has 0 unspecified atom stereocenters. The number of carboxylic acids is 1. The van der Waals surface area contributed by atoms with Crippen LogP contribution in [0.15, 0.2) is 60.7 Å². The van der Waals surface area contributed by atoms with Gasteiger partial charge in [-0.15, -0.1) is 5.10 Å². The smallest absolute Gasteiger partial charge is 0.328 e. The Hall–Kier alpha value is -3.55. The average Bonchev–Trinajstić information content (AvgIpc) is 3.22. The first-order valence-electron chi connectivity index (χ1n) is 9.28. The number of aliphatic carboxylic acids is 1. The molecule has 0 fully saturated rings. The largest absolute Gasteiger partial charge is 0.480 e. The monoisotopic (exact) mass is 394 g/mol. The van der Waals surface area contributed by atoms with Crippen LogP contribution in [0, 0.1) is 0 Å². The topological polar surface area (TPSA) is 107 Å². The summed E-state index contributed by atoms with van der Waals surface area (Å²) in [4.78, 5) is 23.9. The predicted octanol–water partition coefficient (Wildman–Crippen LogP) is 2.78. The lowest BCUT2D eigenvalue weighted by molar-refractivity contribution is -0.145. The fraction of sp³-hybridized carbons (Fsp3) is 0.286. The van der Waals surface area contributed by atoms with Crippen LogP contribution in [0.5, 0.6) is 0 Å². The minimum atomic E-state index is -1.05. The third-order valence-corrected chi connectivity index (χ3v) is 4.59. The fourth-order valence-corrected chi connectivity index (χ4v) is 3.00. The number of benzene rings is 2. The molecule has 0 aliphatic rings. The molecule has 1 N–H and O–H groups in total. The summed E-state index contributed by atoms with van der Waals surface area (Å²) >= 11 is 0. The van der Waals surface area contributed by atoms with Crippen LogP contribution in [0.2, 0.25) is 0 Å². The van der Waals surface area contributed by atoms with E-state index in [0.29, 0.717) is 12.2 Å². The number of carbonyl (C=O) groups is 2. The first-order chi connectivity index (χ1) is 14.0. The fourth-order valence-electron chi connectivity index (χ4n) is 3.00. The highest BCUT2D eigenvalue weighted by molar-refractivity contribution is 5.72. The van der Waals surface area contributed by atoms with Gasteiger partial charge in [0.1, 0.15) is 12.6 Å². The Kier molecular flexibility index (Phi) is 6.67. The van der Waals surface area contributed by atoms with E-state index >= 15 is 0 Å². The Morgan fingerprint density at radius 3 is 2.28 bits per heavy atom.